The van der Waals surface area contributed by atoms with Crippen molar-refractivity contribution >= 4 is 92.3 Å². The third kappa shape index (κ3) is 15.5. The molecule has 0 radical (unpaired) electrons. The van der Waals surface area contributed by atoms with Crippen LogP contribution >= 0.6 is 0 Å². The van der Waals surface area contributed by atoms with Crippen LogP contribution in [0.5, 0.6) is 5.75 Å². The summed E-state index contributed by atoms with van der Waals surface area (Å²) in [6.07, 6.45) is 1.96. The number of hydrogen-bond donors (Lipinski definition) is 7. The first kappa shape index (κ1) is 58.2. The van der Waals surface area contributed by atoms with Crippen molar-refractivity contribution in [2.45, 2.75) is 64.0 Å². The Morgan fingerprint density at radius 1 is 0.642 bits per heavy atom. The van der Waals surface area contributed by atoms with Crippen LogP contribution in [-0.2, 0) is 35.3 Å². The molecular weight excluding hydrogens is 1040 g/mol. The van der Waals surface area contributed by atoms with Crippen LogP contribution in [0.2, 0.25) is 0 Å². The van der Waals surface area contributed by atoms with Gasteiger partial charge < -0.3 is 41.8 Å². The second kappa shape index (κ2) is 27.8. The number of amides is 11. The molecule has 0 saturated carbocycles. The van der Waals surface area contributed by atoms with Crippen molar-refractivity contribution in [1.29, 1.82) is 0 Å². The Morgan fingerprint density at radius 2 is 1.33 bits per heavy atom. The quantitative estimate of drug-likeness (QED) is 0.0233. The first-order valence-corrected chi connectivity index (χ1v) is 27.1. The molecule has 5 aromatic carbocycles. The molecule has 2 fully saturated rings. The summed E-state index contributed by atoms with van der Waals surface area (Å²) in [5.41, 5.74) is 7.98. The van der Waals surface area contributed by atoms with E-state index in [2.05, 4.69) is 41.7 Å². The summed E-state index contributed by atoms with van der Waals surface area (Å²) in [7, 11) is 1.58. The minimum atomic E-state index is -1.03. The Kier molecular flexibility index (Phi) is 19.9. The Hall–Kier alpha value is -8.96. The first-order valence-electron chi connectivity index (χ1n) is 27.1. The first-order chi connectivity index (χ1) is 39.1. The maximum Gasteiger partial charge on any atom is 0.411 e. The lowest BCUT2D eigenvalue weighted by atomic mass is 9.89. The zero-order valence-corrected chi connectivity index (χ0v) is 45.1. The average Bonchev–Trinajstić information content (AvgIpc) is 3.98. The van der Waals surface area contributed by atoms with Gasteiger partial charge in [0.25, 0.3) is 17.7 Å². The summed E-state index contributed by atoms with van der Waals surface area (Å²) >= 11 is 0. The number of carbonyl (C=O) groups is 10. The predicted molar refractivity (Wildman–Crippen MR) is 300 cm³/mol. The SMILES string of the molecule is COc1ccc2c3c(c4ccccc4cc13)C(=O)N(CCN1CCN(CCNC(=O)c3ccc(NC(=O)OCc4ccc(NC(=O)[C@@H](CCCNC(N)=O)NC(=O)CNC(=O)CCCCCN5C(=O)CCC5=O)cc4)cc3)CC1)C2=O. The maximum atomic E-state index is 14.1. The van der Waals surface area contributed by atoms with Crippen LogP contribution in [0.15, 0.2) is 91.0 Å². The van der Waals surface area contributed by atoms with Gasteiger partial charge in [-0.05, 0) is 96.6 Å². The Morgan fingerprint density at radius 3 is 2.05 bits per heavy atom. The molecular formula is C58H67N11O12. The number of likely N-dealkylation sites (tertiary alicyclic amines) is 1. The number of rotatable bonds is 26. The molecule has 8 rings (SSSR count). The molecule has 23 heteroatoms. The number of piperazine rings is 1. The van der Waals surface area contributed by atoms with Gasteiger partial charge in [-0.2, -0.15) is 0 Å². The number of nitrogens with two attached hydrogens (primary N) is 1. The number of urea groups is 1. The molecule has 0 bridgehead atoms. The Bertz CT molecular complexity index is 3170. The summed E-state index contributed by atoms with van der Waals surface area (Å²) in [5, 5.41) is 19.0. The monoisotopic (exact) mass is 1110 g/mol. The highest BCUT2D eigenvalue weighted by Crippen LogP contribution is 2.40. The topological polar surface area (TPSA) is 300 Å². The molecule has 8 N–H and O–H groups in total. The van der Waals surface area contributed by atoms with E-state index in [-0.39, 0.29) is 87.4 Å². The van der Waals surface area contributed by atoms with Crippen molar-refractivity contribution in [3.63, 3.8) is 0 Å². The Labute approximate surface area is 467 Å². The number of ether oxygens (including phenoxy) is 2. The third-order valence-electron chi connectivity index (χ3n) is 14.5. The van der Waals surface area contributed by atoms with Crippen molar-refractivity contribution in [3.8, 4) is 5.75 Å². The van der Waals surface area contributed by atoms with E-state index in [1.54, 1.807) is 67.8 Å². The largest absolute Gasteiger partial charge is 0.496 e. The van der Waals surface area contributed by atoms with Gasteiger partial charge in [-0.25, -0.2) is 9.59 Å². The van der Waals surface area contributed by atoms with Crippen LogP contribution in [0.4, 0.5) is 21.0 Å². The van der Waals surface area contributed by atoms with Crippen LogP contribution in [-0.4, -0.2) is 164 Å². The van der Waals surface area contributed by atoms with Crippen molar-refractivity contribution in [3.05, 3.63) is 113 Å². The fourth-order valence-corrected chi connectivity index (χ4v) is 10.0. The molecule has 0 spiro atoms. The van der Waals surface area contributed by atoms with E-state index >= 15 is 0 Å². The van der Waals surface area contributed by atoms with E-state index in [1.807, 2.05) is 30.3 Å². The van der Waals surface area contributed by atoms with E-state index in [0.29, 0.717) is 96.6 Å². The van der Waals surface area contributed by atoms with Crippen molar-refractivity contribution < 1.29 is 57.4 Å². The highest BCUT2D eigenvalue weighted by Gasteiger charge is 2.36. The standard InChI is InChI=1S/C58H67N11O12/c1-80-46-21-20-43-51-44(46)34-39-8-4-5-9-42(39)52(51)56(77)69(55(43)76)33-32-67-30-28-66(29-31-67)27-25-60-53(74)38-14-18-41(19-15-38)64-58(79)81-36-37-12-16-40(17-13-37)63-54(75)45(10-7-24-61-57(59)78)65-48(71)35-62-47(70)11-3-2-6-26-68-49(72)22-23-50(68)73/h4-5,8-9,12-21,34,45H,2-3,6-7,10-11,22-33,35-36H2,1H3,(H,60,74)(H,62,70)(H,63,75)(H,64,79)(H,65,71)(H3,59,61,78)/t45-/m1/s1. The summed E-state index contributed by atoms with van der Waals surface area (Å²) in [5.74, 6) is -2.17. The smallest absolute Gasteiger partial charge is 0.411 e. The minimum Gasteiger partial charge on any atom is -0.496 e. The number of hydrogen-bond acceptors (Lipinski definition) is 14. The molecule has 426 valence electrons. The van der Waals surface area contributed by atoms with Crippen LogP contribution < -0.4 is 42.4 Å². The zero-order valence-electron chi connectivity index (χ0n) is 45.1. The second-order valence-corrected chi connectivity index (χ2v) is 20.0. The van der Waals surface area contributed by atoms with Gasteiger partial charge in [0.1, 0.15) is 18.4 Å². The molecule has 5 aromatic rings. The minimum absolute atomic E-state index is 0.102. The number of anilines is 2. The molecule has 1 atom stereocenters. The van der Waals surface area contributed by atoms with Gasteiger partial charge in [-0.1, -0.05) is 42.8 Å². The van der Waals surface area contributed by atoms with E-state index in [9.17, 15) is 47.9 Å². The number of methoxy groups -OCH3 is 1. The molecule has 0 aromatic heterocycles. The molecule has 0 aliphatic carbocycles. The lowest BCUT2D eigenvalue weighted by Crippen LogP contribution is -2.51. The summed E-state index contributed by atoms with van der Waals surface area (Å²) < 4.78 is 11.0. The molecule has 11 amide bonds. The molecule has 81 heavy (non-hydrogen) atoms. The summed E-state index contributed by atoms with van der Waals surface area (Å²) in [4.78, 5) is 134. The van der Waals surface area contributed by atoms with Gasteiger partial charge in [0.2, 0.25) is 29.5 Å². The van der Waals surface area contributed by atoms with Gasteiger partial charge in [0.15, 0.2) is 0 Å². The lowest BCUT2D eigenvalue weighted by Gasteiger charge is -2.36. The summed E-state index contributed by atoms with van der Waals surface area (Å²) in [6.45, 7) is 4.81. The van der Waals surface area contributed by atoms with E-state index < -0.39 is 30.0 Å². The third-order valence-corrected chi connectivity index (χ3v) is 14.5. The number of nitrogens with zero attached hydrogens (tertiary/aromatic N) is 4. The van der Waals surface area contributed by atoms with Crippen molar-refractivity contribution in [2.75, 3.05) is 89.7 Å². The predicted octanol–water partition coefficient (Wildman–Crippen LogP) is 4.09. The number of unbranched alkanes of at least 4 members (excludes halogenated alkanes) is 2. The van der Waals surface area contributed by atoms with Crippen molar-refractivity contribution in [1.82, 2.24) is 40.9 Å². The van der Waals surface area contributed by atoms with Crippen LogP contribution in [0.1, 0.15) is 88.0 Å². The number of carbonyl (C=O) groups excluding carboxylic acids is 10. The fraction of sp³-hybridized carbons (Fsp3) is 0.379. The highest BCUT2D eigenvalue weighted by molar-refractivity contribution is 6.31. The number of fused-ring (bicyclic) bond motifs is 2. The van der Waals surface area contributed by atoms with E-state index in [1.165, 1.54) is 9.80 Å². The zero-order chi connectivity index (χ0) is 57.4. The number of primary amides is 1. The average molecular weight is 1110 g/mol. The lowest BCUT2D eigenvalue weighted by molar-refractivity contribution is -0.138. The molecule has 23 nitrogen and oxygen atoms in total. The fourth-order valence-electron chi connectivity index (χ4n) is 10.0. The van der Waals surface area contributed by atoms with Crippen LogP contribution in [0, 0.1) is 0 Å². The van der Waals surface area contributed by atoms with E-state index in [0.717, 1.165) is 42.3 Å². The van der Waals surface area contributed by atoms with Crippen LogP contribution in [0.25, 0.3) is 21.5 Å². The number of imide groups is 2. The van der Waals surface area contributed by atoms with Gasteiger partial charge in [0, 0.05) is 118 Å². The molecule has 3 aliphatic heterocycles. The van der Waals surface area contributed by atoms with Gasteiger partial charge >= 0.3 is 12.1 Å². The maximum absolute atomic E-state index is 14.1. The number of benzene rings is 5. The molecule has 3 aliphatic rings. The Balaban J connectivity index is 0.706. The summed E-state index contributed by atoms with van der Waals surface area (Å²) in [6, 6.07) is 24.3. The van der Waals surface area contributed by atoms with Gasteiger partial charge in [-0.3, -0.25) is 63.3 Å². The van der Waals surface area contributed by atoms with Gasteiger partial charge in [0.05, 0.1) is 19.2 Å². The van der Waals surface area contributed by atoms with Gasteiger partial charge in [-0.15, -0.1) is 0 Å². The van der Waals surface area contributed by atoms with Crippen molar-refractivity contribution in [2.24, 2.45) is 5.73 Å². The molecule has 3 heterocycles. The normalized spacial score (nSPS) is 14.9. The molecule has 2 saturated heterocycles. The highest BCUT2D eigenvalue weighted by atomic mass is 16.5. The van der Waals surface area contributed by atoms with E-state index in [4.69, 9.17) is 15.2 Å². The van der Waals surface area contributed by atoms with Crippen LogP contribution in [0.3, 0.4) is 0 Å². The second-order valence-electron chi connectivity index (χ2n) is 20.0. The molecule has 0 unspecified atom stereocenters. The number of nitrogens with one attached hydrogen (secondary N) is 6.